The van der Waals surface area contributed by atoms with E-state index in [1.807, 2.05) is 47.1 Å². The fraction of sp³-hybridized carbons (Fsp3) is 0.400. The number of para-hydroxylation sites is 1. The Morgan fingerprint density at radius 1 is 1.31 bits per heavy atom. The van der Waals surface area contributed by atoms with Gasteiger partial charge in [-0.15, -0.1) is 0 Å². The maximum atomic E-state index is 13.0. The van der Waals surface area contributed by atoms with Crippen molar-refractivity contribution in [3.05, 3.63) is 54.0 Å². The third kappa shape index (κ3) is 3.07. The van der Waals surface area contributed by atoms with E-state index >= 15 is 0 Å². The lowest BCUT2D eigenvalue weighted by molar-refractivity contribution is 0.0634. The van der Waals surface area contributed by atoms with Crippen molar-refractivity contribution in [2.75, 3.05) is 19.7 Å². The van der Waals surface area contributed by atoms with E-state index in [1.165, 1.54) is 0 Å². The van der Waals surface area contributed by atoms with E-state index in [9.17, 15) is 4.79 Å². The molecule has 0 radical (unpaired) electrons. The smallest absolute Gasteiger partial charge is 0.259 e. The standard InChI is InChI=1S/C20H24N4O2/c1-15-6-3-4-8-18(15)26-14-16-7-5-9-23(13-16)20(25)17-12-21-24-11-10-22(2)19(17)24/h3-4,6,8,10-12,16H,5,7,9,13-14H2,1-2H3/t16-/m0/s1. The number of hydrogen-bond donors (Lipinski definition) is 0. The van der Waals surface area contributed by atoms with Crippen molar-refractivity contribution in [3.63, 3.8) is 0 Å². The van der Waals surface area contributed by atoms with Crippen LogP contribution < -0.4 is 4.74 Å². The van der Waals surface area contributed by atoms with Crippen LogP contribution >= 0.6 is 0 Å². The number of rotatable bonds is 4. The van der Waals surface area contributed by atoms with Gasteiger partial charge in [0.05, 0.1) is 12.8 Å². The lowest BCUT2D eigenvalue weighted by atomic mass is 9.98. The Morgan fingerprint density at radius 2 is 2.15 bits per heavy atom. The van der Waals surface area contributed by atoms with Gasteiger partial charge in [0.1, 0.15) is 17.0 Å². The van der Waals surface area contributed by atoms with E-state index in [0.29, 0.717) is 18.1 Å². The van der Waals surface area contributed by atoms with Crippen LogP contribution in [0.1, 0.15) is 28.8 Å². The number of benzene rings is 1. The molecule has 0 aliphatic carbocycles. The number of aromatic nitrogens is 3. The second-order valence-electron chi connectivity index (χ2n) is 7.07. The predicted octanol–water partition coefficient (Wildman–Crippen LogP) is 2.91. The number of nitrogens with zero attached hydrogens (tertiary/aromatic N) is 4. The molecule has 2 aromatic heterocycles. The van der Waals surface area contributed by atoms with Crippen molar-refractivity contribution < 1.29 is 9.53 Å². The Morgan fingerprint density at radius 3 is 3.00 bits per heavy atom. The summed E-state index contributed by atoms with van der Waals surface area (Å²) in [4.78, 5) is 15.0. The number of imidazole rings is 1. The largest absolute Gasteiger partial charge is 0.493 e. The molecule has 0 bridgehead atoms. The number of likely N-dealkylation sites (tertiary alicyclic amines) is 1. The van der Waals surface area contributed by atoms with Gasteiger partial charge >= 0.3 is 0 Å². The maximum Gasteiger partial charge on any atom is 0.259 e. The first-order chi connectivity index (χ1) is 12.6. The first-order valence-electron chi connectivity index (χ1n) is 9.10. The molecule has 0 spiro atoms. The molecule has 0 unspecified atom stereocenters. The van der Waals surface area contributed by atoms with Crippen LogP contribution in [-0.2, 0) is 7.05 Å². The van der Waals surface area contributed by atoms with Gasteiger partial charge in [-0.1, -0.05) is 18.2 Å². The van der Waals surface area contributed by atoms with Gasteiger partial charge in [0.15, 0.2) is 0 Å². The minimum Gasteiger partial charge on any atom is -0.493 e. The Kier molecular flexibility index (Phi) is 4.41. The molecule has 1 aromatic carbocycles. The van der Waals surface area contributed by atoms with Crippen molar-refractivity contribution in [2.24, 2.45) is 13.0 Å². The van der Waals surface area contributed by atoms with Gasteiger partial charge in [-0.2, -0.15) is 5.10 Å². The number of piperidine rings is 1. The van der Waals surface area contributed by atoms with Crippen LogP contribution in [0.4, 0.5) is 0 Å². The van der Waals surface area contributed by atoms with Crippen molar-refractivity contribution in [3.8, 4) is 5.75 Å². The number of ether oxygens (including phenoxy) is 1. The quantitative estimate of drug-likeness (QED) is 0.725. The molecule has 3 heterocycles. The fourth-order valence-corrected chi connectivity index (χ4v) is 3.68. The van der Waals surface area contributed by atoms with Gasteiger partial charge in [-0.25, -0.2) is 4.52 Å². The molecule has 6 nitrogen and oxygen atoms in total. The van der Waals surface area contributed by atoms with E-state index in [4.69, 9.17) is 4.74 Å². The molecule has 4 rings (SSSR count). The van der Waals surface area contributed by atoms with Crippen LogP contribution in [-0.4, -0.2) is 44.7 Å². The first-order valence-corrected chi connectivity index (χ1v) is 9.10. The predicted molar refractivity (Wildman–Crippen MR) is 99.5 cm³/mol. The number of carbonyl (C=O) groups is 1. The van der Waals surface area contributed by atoms with Crippen LogP contribution in [0, 0.1) is 12.8 Å². The molecule has 1 fully saturated rings. The zero-order valence-corrected chi connectivity index (χ0v) is 15.3. The van der Waals surface area contributed by atoms with Gasteiger partial charge in [0, 0.05) is 38.4 Å². The summed E-state index contributed by atoms with van der Waals surface area (Å²) >= 11 is 0. The highest BCUT2D eigenvalue weighted by Gasteiger charge is 2.27. The summed E-state index contributed by atoms with van der Waals surface area (Å²) in [5.74, 6) is 1.34. The topological polar surface area (TPSA) is 51.8 Å². The highest BCUT2D eigenvalue weighted by molar-refractivity contribution is 5.99. The second kappa shape index (κ2) is 6.86. The van der Waals surface area contributed by atoms with Gasteiger partial charge in [-0.05, 0) is 31.4 Å². The number of hydrogen-bond acceptors (Lipinski definition) is 3. The Bertz CT molecular complexity index is 927. The van der Waals surface area contributed by atoms with Crippen molar-refractivity contribution >= 4 is 11.6 Å². The summed E-state index contributed by atoms with van der Waals surface area (Å²) in [7, 11) is 1.93. The maximum absolute atomic E-state index is 13.0. The molecular weight excluding hydrogens is 328 g/mol. The fourth-order valence-electron chi connectivity index (χ4n) is 3.68. The summed E-state index contributed by atoms with van der Waals surface area (Å²) in [6.45, 7) is 4.22. The summed E-state index contributed by atoms with van der Waals surface area (Å²) in [5.41, 5.74) is 2.65. The summed E-state index contributed by atoms with van der Waals surface area (Å²) in [5, 5.41) is 4.28. The SMILES string of the molecule is Cc1ccccc1OC[C@H]1CCCN(C(=O)c2cnn3ccn(C)c23)C1. The Balaban J connectivity index is 1.44. The number of fused-ring (bicyclic) bond motifs is 1. The van der Waals surface area contributed by atoms with Gasteiger partial charge in [0.2, 0.25) is 0 Å². The normalized spacial score (nSPS) is 17.6. The van der Waals surface area contributed by atoms with Crippen molar-refractivity contribution in [1.82, 2.24) is 19.1 Å². The summed E-state index contributed by atoms with van der Waals surface area (Å²) in [6.07, 6.45) is 7.54. The van der Waals surface area contributed by atoms with Gasteiger partial charge < -0.3 is 14.2 Å². The van der Waals surface area contributed by atoms with Crippen LogP contribution in [0.2, 0.25) is 0 Å². The molecule has 26 heavy (non-hydrogen) atoms. The molecule has 1 atom stereocenters. The van der Waals surface area contributed by atoms with Crippen LogP contribution in [0.5, 0.6) is 5.75 Å². The molecule has 1 aliphatic heterocycles. The molecule has 0 N–H and O–H groups in total. The molecule has 1 saturated heterocycles. The van der Waals surface area contributed by atoms with Crippen molar-refractivity contribution in [2.45, 2.75) is 19.8 Å². The van der Waals surface area contributed by atoms with Gasteiger partial charge in [0.25, 0.3) is 5.91 Å². The zero-order valence-electron chi connectivity index (χ0n) is 15.3. The van der Waals surface area contributed by atoms with E-state index in [0.717, 1.165) is 42.9 Å². The molecule has 3 aromatic rings. The van der Waals surface area contributed by atoms with Crippen LogP contribution in [0.3, 0.4) is 0 Å². The minimum atomic E-state index is 0.0578. The molecule has 1 aliphatic rings. The van der Waals surface area contributed by atoms with E-state index in [2.05, 4.69) is 18.1 Å². The number of carbonyl (C=O) groups excluding carboxylic acids is 1. The van der Waals surface area contributed by atoms with Crippen LogP contribution in [0.25, 0.3) is 5.65 Å². The monoisotopic (exact) mass is 352 g/mol. The second-order valence-corrected chi connectivity index (χ2v) is 7.07. The first kappa shape index (κ1) is 16.7. The molecule has 0 saturated carbocycles. The van der Waals surface area contributed by atoms with E-state index in [1.54, 1.807) is 10.7 Å². The van der Waals surface area contributed by atoms with E-state index < -0.39 is 0 Å². The molecular formula is C20H24N4O2. The third-order valence-electron chi connectivity index (χ3n) is 5.14. The average Bonchev–Trinajstić information content (AvgIpc) is 3.24. The number of aryl methyl sites for hydroxylation is 2. The highest BCUT2D eigenvalue weighted by atomic mass is 16.5. The lowest BCUT2D eigenvalue weighted by Crippen LogP contribution is -2.41. The zero-order chi connectivity index (χ0) is 18.1. The Labute approximate surface area is 153 Å². The third-order valence-corrected chi connectivity index (χ3v) is 5.14. The highest BCUT2D eigenvalue weighted by Crippen LogP contribution is 2.23. The molecule has 1 amide bonds. The lowest BCUT2D eigenvalue weighted by Gasteiger charge is -2.32. The molecule has 136 valence electrons. The van der Waals surface area contributed by atoms with E-state index in [-0.39, 0.29) is 5.91 Å². The minimum absolute atomic E-state index is 0.0578. The average molecular weight is 352 g/mol. The summed E-state index contributed by atoms with van der Waals surface area (Å²) in [6, 6.07) is 8.06. The molecule has 6 heteroatoms. The Hall–Kier alpha value is -2.76. The summed E-state index contributed by atoms with van der Waals surface area (Å²) < 4.78 is 9.69. The van der Waals surface area contributed by atoms with Gasteiger partial charge in [-0.3, -0.25) is 4.79 Å². The number of amides is 1. The van der Waals surface area contributed by atoms with Crippen LogP contribution in [0.15, 0.2) is 42.9 Å². The van der Waals surface area contributed by atoms with Crippen molar-refractivity contribution in [1.29, 1.82) is 0 Å².